The van der Waals surface area contributed by atoms with Gasteiger partial charge in [0.2, 0.25) is 0 Å². The molecule has 1 aromatic carbocycles. The number of fused-ring (bicyclic) bond motifs is 1. The van der Waals surface area contributed by atoms with E-state index in [1.807, 2.05) is 30.3 Å². The Morgan fingerprint density at radius 3 is 2.73 bits per heavy atom. The number of quaternary nitrogens is 1. The molecule has 2 fully saturated rings. The minimum atomic E-state index is -0.0817. The van der Waals surface area contributed by atoms with Crippen molar-refractivity contribution < 1.29 is 14.0 Å². The maximum Gasteiger partial charge on any atom is 0.310 e. The summed E-state index contributed by atoms with van der Waals surface area (Å²) < 4.78 is 6.84. The molecule has 0 amide bonds. The first-order valence-electron chi connectivity index (χ1n) is 8.71. The number of carbonyl (C=O) groups is 1. The molecule has 3 rings (SSSR count). The van der Waals surface area contributed by atoms with E-state index >= 15 is 0 Å². The van der Waals surface area contributed by atoms with Crippen LogP contribution in [0.5, 0.6) is 0 Å². The van der Waals surface area contributed by atoms with E-state index < -0.39 is 0 Å². The molecule has 3 nitrogen and oxygen atoms in total. The molecular weight excluding hydrogens is 274 g/mol. The van der Waals surface area contributed by atoms with E-state index in [-0.39, 0.29) is 5.97 Å². The van der Waals surface area contributed by atoms with Gasteiger partial charge in [0.15, 0.2) is 0 Å². The Hall–Kier alpha value is -1.35. The van der Waals surface area contributed by atoms with Crippen molar-refractivity contribution in [3.05, 3.63) is 35.9 Å². The normalized spacial score (nSPS) is 31.3. The van der Waals surface area contributed by atoms with Crippen molar-refractivity contribution in [2.75, 3.05) is 26.7 Å². The minimum absolute atomic E-state index is 0.0817. The molecule has 1 aromatic rings. The van der Waals surface area contributed by atoms with Gasteiger partial charge in [-0.05, 0) is 31.2 Å². The number of nitrogens with zero attached hydrogens (tertiary/aromatic N) is 1. The molecule has 2 aliphatic heterocycles. The van der Waals surface area contributed by atoms with Gasteiger partial charge >= 0.3 is 5.97 Å². The fourth-order valence-corrected chi connectivity index (χ4v) is 4.44. The Kier molecular flexibility index (Phi) is 4.82. The predicted molar refractivity (Wildman–Crippen MR) is 87.4 cm³/mol. The number of esters is 1. The van der Waals surface area contributed by atoms with Gasteiger partial charge in [-0.15, -0.1) is 0 Å². The molecule has 2 saturated heterocycles. The van der Waals surface area contributed by atoms with Crippen molar-refractivity contribution >= 4 is 5.97 Å². The first-order valence-corrected chi connectivity index (χ1v) is 8.71. The number of rotatable bonds is 4. The Morgan fingerprint density at radius 2 is 1.91 bits per heavy atom. The molecule has 0 radical (unpaired) electrons. The molecule has 2 heterocycles. The lowest BCUT2D eigenvalue weighted by molar-refractivity contribution is -0.947. The van der Waals surface area contributed by atoms with E-state index in [9.17, 15) is 4.79 Å². The lowest BCUT2D eigenvalue weighted by atomic mass is 9.82. The summed E-state index contributed by atoms with van der Waals surface area (Å²) in [7, 11) is 2.40. The molecule has 3 heteroatoms. The largest absolute Gasteiger partial charge is 0.465 e. The van der Waals surface area contributed by atoms with E-state index in [4.69, 9.17) is 4.74 Å². The third-order valence-corrected chi connectivity index (χ3v) is 5.66. The van der Waals surface area contributed by atoms with Crippen molar-refractivity contribution in [2.24, 2.45) is 5.92 Å². The Bertz CT molecular complexity index is 497. The first kappa shape index (κ1) is 15.5. The van der Waals surface area contributed by atoms with Gasteiger partial charge in [-0.3, -0.25) is 4.79 Å². The van der Waals surface area contributed by atoms with Crippen LogP contribution < -0.4 is 0 Å². The number of ether oxygens (including phenoxy) is 1. The highest BCUT2D eigenvalue weighted by atomic mass is 16.5. The fourth-order valence-electron chi connectivity index (χ4n) is 4.44. The number of hydrogen-bond acceptors (Lipinski definition) is 2. The van der Waals surface area contributed by atoms with E-state index in [2.05, 4.69) is 7.05 Å². The van der Waals surface area contributed by atoms with Crippen molar-refractivity contribution in [2.45, 2.75) is 44.6 Å². The molecule has 0 spiro atoms. The minimum Gasteiger partial charge on any atom is -0.465 e. The summed E-state index contributed by atoms with van der Waals surface area (Å²) in [5.41, 5.74) is 1.04. The van der Waals surface area contributed by atoms with Crippen LogP contribution in [0.3, 0.4) is 0 Å². The quantitative estimate of drug-likeness (QED) is 0.631. The topological polar surface area (TPSA) is 26.3 Å². The van der Waals surface area contributed by atoms with Crippen LogP contribution in [0.2, 0.25) is 0 Å². The predicted octanol–water partition coefficient (Wildman–Crippen LogP) is 3.18. The summed E-state index contributed by atoms with van der Waals surface area (Å²) in [4.78, 5) is 12.1. The van der Waals surface area contributed by atoms with Crippen LogP contribution in [0.15, 0.2) is 30.3 Å². The molecule has 0 aliphatic carbocycles. The molecule has 120 valence electrons. The highest BCUT2D eigenvalue weighted by Gasteiger charge is 2.43. The molecular formula is C19H28NO2+. The summed E-state index contributed by atoms with van der Waals surface area (Å²) in [5.74, 6) is 0.473. The maximum absolute atomic E-state index is 12.1. The number of hydrogen-bond donors (Lipinski definition) is 0. The average molecular weight is 302 g/mol. The van der Waals surface area contributed by atoms with Crippen LogP contribution >= 0.6 is 0 Å². The van der Waals surface area contributed by atoms with Gasteiger partial charge < -0.3 is 9.22 Å². The molecule has 3 unspecified atom stereocenters. The van der Waals surface area contributed by atoms with Gasteiger partial charge in [-0.25, -0.2) is 0 Å². The van der Waals surface area contributed by atoms with E-state index in [0.29, 0.717) is 25.0 Å². The summed E-state index contributed by atoms with van der Waals surface area (Å²) in [5, 5.41) is 0. The van der Waals surface area contributed by atoms with Crippen LogP contribution in [0.4, 0.5) is 0 Å². The zero-order chi connectivity index (χ0) is 15.4. The summed E-state index contributed by atoms with van der Waals surface area (Å²) in [6.45, 7) is 3.22. The first-order chi connectivity index (χ1) is 10.7. The Morgan fingerprint density at radius 1 is 1.14 bits per heavy atom. The highest BCUT2D eigenvalue weighted by Crippen LogP contribution is 2.36. The SMILES string of the molecule is C[N+]12CCCCC1C(COC(=O)Cc1ccccc1)CCC2. The van der Waals surface area contributed by atoms with Crippen molar-refractivity contribution in [1.29, 1.82) is 0 Å². The Labute approximate surface area is 133 Å². The number of piperidine rings is 2. The molecule has 0 aromatic heterocycles. The smallest absolute Gasteiger partial charge is 0.310 e. The van der Waals surface area contributed by atoms with Gasteiger partial charge in [0, 0.05) is 12.3 Å². The van der Waals surface area contributed by atoms with Crippen LogP contribution in [0.25, 0.3) is 0 Å². The van der Waals surface area contributed by atoms with Gasteiger partial charge in [0.25, 0.3) is 0 Å². The van der Waals surface area contributed by atoms with Crippen LogP contribution in [-0.4, -0.2) is 43.2 Å². The van der Waals surface area contributed by atoms with Gasteiger partial charge in [0.05, 0.1) is 39.2 Å². The third-order valence-electron chi connectivity index (χ3n) is 5.66. The summed E-state index contributed by atoms with van der Waals surface area (Å²) in [6.07, 6.45) is 6.88. The molecule has 3 atom stereocenters. The number of carbonyl (C=O) groups excluding carboxylic acids is 1. The van der Waals surface area contributed by atoms with Gasteiger partial charge in [0.1, 0.15) is 0 Å². The second kappa shape index (κ2) is 6.82. The van der Waals surface area contributed by atoms with Crippen LogP contribution in [-0.2, 0) is 16.0 Å². The maximum atomic E-state index is 12.1. The second-order valence-electron chi connectivity index (χ2n) is 7.24. The third kappa shape index (κ3) is 3.52. The average Bonchev–Trinajstić information content (AvgIpc) is 2.53. The molecule has 0 saturated carbocycles. The monoisotopic (exact) mass is 302 g/mol. The zero-order valence-corrected chi connectivity index (χ0v) is 13.7. The molecule has 2 aliphatic rings. The summed E-state index contributed by atoms with van der Waals surface area (Å²) in [6, 6.07) is 10.6. The van der Waals surface area contributed by atoms with Crippen molar-refractivity contribution in [3.8, 4) is 0 Å². The molecule has 22 heavy (non-hydrogen) atoms. The highest BCUT2D eigenvalue weighted by molar-refractivity contribution is 5.72. The molecule has 0 N–H and O–H groups in total. The van der Waals surface area contributed by atoms with E-state index in [0.717, 1.165) is 5.56 Å². The lowest BCUT2D eigenvalue weighted by Crippen LogP contribution is -2.61. The van der Waals surface area contributed by atoms with Crippen molar-refractivity contribution in [3.63, 3.8) is 0 Å². The standard InChI is InChI=1S/C19H28NO2/c1-20-12-6-5-11-18(20)17(10-7-13-20)15-22-19(21)14-16-8-3-2-4-9-16/h2-4,8-9,17-18H,5-7,10-15H2,1H3/q+1. The van der Waals surface area contributed by atoms with E-state index in [1.165, 1.54) is 49.7 Å². The van der Waals surface area contributed by atoms with Gasteiger partial charge in [-0.1, -0.05) is 30.3 Å². The Balaban J connectivity index is 1.53. The number of benzene rings is 1. The van der Waals surface area contributed by atoms with E-state index in [1.54, 1.807) is 0 Å². The van der Waals surface area contributed by atoms with Crippen molar-refractivity contribution in [1.82, 2.24) is 0 Å². The zero-order valence-electron chi connectivity index (χ0n) is 13.7. The van der Waals surface area contributed by atoms with Gasteiger partial charge in [-0.2, -0.15) is 0 Å². The fraction of sp³-hybridized carbons (Fsp3) is 0.632. The van der Waals surface area contributed by atoms with Crippen LogP contribution in [0, 0.1) is 5.92 Å². The summed E-state index contributed by atoms with van der Waals surface area (Å²) >= 11 is 0. The van der Waals surface area contributed by atoms with Crippen LogP contribution in [0.1, 0.15) is 37.7 Å². The lowest BCUT2D eigenvalue weighted by Gasteiger charge is -2.51. The molecule has 0 bridgehead atoms. The second-order valence-corrected chi connectivity index (χ2v) is 7.24.